The molecule has 4 aromatic rings. The van der Waals surface area contributed by atoms with Gasteiger partial charge in [-0.05, 0) is 49.4 Å². The Bertz CT molecular complexity index is 1240. The second-order valence-electron chi connectivity index (χ2n) is 9.62. The molecule has 1 unspecified atom stereocenters. The highest BCUT2D eigenvalue weighted by Gasteiger charge is 2.21. The van der Waals surface area contributed by atoms with E-state index >= 15 is 0 Å². The van der Waals surface area contributed by atoms with Gasteiger partial charge in [0, 0.05) is 30.3 Å². The van der Waals surface area contributed by atoms with E-state index in [0.717, 1.165) is 54.0 Å². The third-order valence-electron chi connectivity index (χ3n) is 7.03. The number of rotatable bonds is 10. The lowest BCUT2D eigenvalue weighted by Gasteiger charge is -2.16. The predicted octanol–water partition coefficient (Wildman–Crippen LogP) is 6.73. The summed E-state index contributed by atoms with van der Waals surface area (Å²) in [6.07, 6.45) is 10.9. The van der Waals surface area contributed by atoms with E-state index in [-0.39, 0.29) is 0 Å². The summed E-state index contributed by atoms with van der Waals surface area (Å²) < 4.78 is 2.08. The molecule has 0 amide bonds. The van der Waals surface area contributed by atoms with Gasteiger partial charge in [0.2, 0.25) is 5.95 Å². The summed E-state index contributed by atoms with van der Waals surface area (Å²) in [6.45, 7) is 4.42. The standard InChI is InChI=1S/C29H36N6/c1-3-11-22(4-2)32-29-30-19-18-24(33-29)28-25(20-21-12-6-5-7-13-21)34-35-26(28)16-10-17-27(35)31-23-14-8-9-15-23/h5-7,10,12-13,16-19,22-23,31H,3-4,8-9,11,14-15,20H2,1-2H3,(H,30,32,33). The van der Waals surface area contributed by atoms with Crippen LogP contribution in [0, 0.1) is 0 Å². The lowest BCUT2D eigenvalue weighted by Crippen LogP contribution is -2.19. The van der Waals surface area contributed by atoms with Crippen LogP contribution < -0.4 is 10.6 Å². The Hall–Kier alpha value is -3.41. The van der Waals surface area contributed by atoms with Crippen molar-refractivity contribution >= 4 is 17.3 Å². The van der Waals surface area contributed by atoms with Crippen LogP contribution in [-0.2, 0) is 6.42 Å². The highest BCUT2D eigenvalue weighted by atomic mass is 15.3. The van der Waals surface area contributed by atoms with E-state index in [4.69, 9.17) is 10.1 Å². The number of nitrogens with zero attached hydrogens (tertiary/aromatic N) is 4. The molecule has 6 nitrogen and oxygen atoms in total. The molecular formula is C29H36N6. The highest BCUT2D eigenvalue weighted by Crippen LogP contribution is 2.32. The molecule has 6 heteroatoms. The van der Waals surface area contributed by atoms with Crippen molar-refractivity contribution in [3.8, 4) is 11.3 Å². The molecule has 35 heavy (non-hydrogen) atoms. The fourth-order valence-corrected chi connectivity index (χ4v) is 5.17. The first-order valence-electron chi connectivity index (χ1n) is 13.2. The summed E-state index contributed by atoms with van der Waals surface area (Å²) in [5, 5.41) is 12.4. The minimum Gasteiger partial charge on any atom is -0.367 e. The Morgan fingerprint density at radius 3 is 2.60 bits per heavy atom. The van der Waals surface area contributed by atoms with Gasteiger partial charge in [0.05, 0.1) is 16.9 Å². The van der Waals surface area contributed by atoms with Gasteiger partial charge >= 0.3 is 0 Å². The van der Waals surface area contributed by atoms with Crippen molar-refractivity contribution in [2.24, 2.45) is 0 Å². The zero-order valence-corrected chi connectivity index (χ0v) is 20.9. The molecule has 0 radical (unpaired) electrons. The zero-order chi connectivity index (χ0) is 24.0. The SMILES string of the molecule is CCCC(CC)Nc1nccc(-c2c(Cc3ccccc3)nn3c(NC4CCCC4)cccc23)n1. The van der Waals surface area contributed by atoms with Crippen LogP contribution in [0.4, 0.5) is 11.8 Å². The highest BCUT2D eigenvalue weighted by molar-refractivity contribution is 5.82. The van der Waals surface area contributed by atoms with E-state index in [1.807, 2.05) is 12.3 Å². The maximum atomic E-state index is 5.14. The van der Waals surface area contributed by atoms with Gasteiger partial charge in [-0.15, -0.1) is 0 Å². The van der Waals surface area contributed by atoms with Crippen LogP contribution in [0.3, 0.4) is 0 Å². The number of benzene rings is 1. The van der Waals surface area contributed by atoms with Gasteiger partial charge in [-0.25, -0.2) is 14.5 Å². The van der Waals surface area contributed by atoms with E-state index in [1.165, 1.54) is 31.2 Å². The molecule has 1 aliphatic rings. The minimum absolute atomic E-state index is 0.380. The number of aromatic nitrogens is 4. The molecule has 2 N–H and O–H groups in total. The van der Waals surface area contributed by atoms with Gasteiger partial charge in [-0.2, -0.15) is 5.10 Å². The fraction of sp³-hybridized carbons (Fsp3) is 0.414. The molecule has 5 rings (SSSR count). The number of fused-ring (bicyclic) bond motifs is 1. The lowest BCUT2D eigenvalue weighted by molar-refractivity contribution is 0.618. The van der Waals surface area contributed by atoms with E-state index in [2.05, 4.69) is 82.5 Å². The van der Waals surface area contributed by atoms with Gasteiger partial charge in [0.25, 0.3) is 0 Å². The third kappa shape index (κ3) is 5.31. The molecule has 1 atom stereocenters. The third-order valence-corrected chi connectivity index (χ3v) is 7.03. The first-order chi connectivity index (χ1) is 17.2. The molecule has 1 fully saturated rings. The summed E-state index contributed by atoms with van der Waals surface area (Å²) in [5.74, 6) is 1.74. The molecule has 182 valence electrons. The summed E-state index contributed by atoms with van der Waals surface area (Å²) in [7, 11) is 0. The molecule has 1 aliphatic carbocycles. The number of pyridine rings is 1. The average Bonchev–Trinajstić information content (AvgIpc) is 3.53. The first-order valence-corrected chi connectivity index (χ1v) is 13.2. The molecule has 3 heterocycles. The number of anilines is 2. The van der Waals surface area contributed by atoms with Crippen LogP contribution in [0.2, 0.25) is 0 Å². The Labute approximate surface area is 208 Å². The Kier molecular flexibility index (Phi) is 7.26. The number of nitrogens with one attached hydrogen (secondary N) is 2. The van der Waals surface area contributed by atoms with Crippen LogP contribution >= 0.6 is 0 Å². The lowest BCUT2D eigenvalue weighted by atomic mass is 10.0. The molecule has 3 aromatic heterocycles. The van der Waals surface area contributed by atoms with Crippen LogP contribution in [-0.4, -0.2) is 31.7 Å². The van der Waals surface area contributed by atoms with Gasteiger partial charge < -0.3 is 10.6 Å². The van der Waals surface area contributed by atoms with E-state index < -0.39 is 0 Å². The van der Waals surface area contributed by atoms with Crippen molar-refractivity contribution in [3.05, 3.63) is 72.1 Å². The maximum Gasteiger partial charge on any atom is 0.223 e. The van der Waals surface area contributed by atoms with Crippen LogP contribution in [0.1, 0.15) is 70.1 Å². The fourth-order valence-electron chi connectivity index (χ4n) is 5.17. The van der Waals surface area contributed by atoms with Crippen molar-refractivity contribution in [2.45, 2.75) is 77.3 Å². The Morgan fingerprint density at radius 1 is 1.00 bits per heavy atom. The second kappa shape index (κ2) is 10.9. The van der Waals surface area contributed by atoms with Crippen LogP contribution in [0.15, 0.2) is 60.8 Å². The van der Waals surface area contributed by atoms with E-state index in [0.29, 0.717) is 18.0 Å². The van der Waals surface area contributed by atoms with Crippen molar-refractivity contribution < 1.29 is 0 Å². The predicted molar refractivity (Wildman–Crippen MR) is 144 cm³/mol. The van der Waals surface area contributed by atoms with Gasteiger partial charge in [-0.3, -0.25) is 0 Å². The largest absolute Gasteiger partial charge is 0.367 e. The molecule has 0 aliphatic heterocycles. The molecule has 1 saturated carbocycles. The Balaban J connectivity index is 1.57. The zero-order valence-electron chi connectivity index (χ0n) is 20.9. The van der Waals surface area contributed by atoms with Crippen molar-refractivity contribution in [1.29, 1.82) is 0 Å². The number of hydrogen-bond acceptors (Lipinski definition) is 5. The molecule has 0 spiro atoms. The van der Waals surface area contributed by atoms with Gasteiger partial charge in [0.15, 0.2) is 0 Å². The first kappa shape index (κ1) is 23.3. The van der Waals surface area contributed by atoms with Gasteiger partial charge in [0.1, 0.15) is 5.82 Å². The summed E-state index contributed by atoms with van der Waals surface area (Å²) in [5.41, 5.74) is 5.33. The van der Waals surface area contributed by atoms with E-state index in [1.54, 1.807) is 0 Å². The van der Waals surface area contributed by atoms with Crippen LogP contribution in [0.5, 0.6) is 0 Å². The smallest absolute Gasteiger partial charge is 0.223 e. The summed E-state index contributed by atoms with van der Waals surface area (Å²) in [4.78, 5) is 9.51. The topological polar surface area (TPSA) is 67.1 Å². The van der Waals surface area contributed by atoms with Crippen molar-refractivity contribution in [2.75, 3.05) is 10.6 Å². The van der Waals surface area contributed by atoms with Crippen molar-refractivity contribution in [3.63, 3.8) is 0 Å². The molecule has 0 saturated heterocycles. The van der Waals surface area contributed by atoms with Crippen LogP contribution in [0.25, 0.3) is 16.8 Å². The molecule has 1 aromatic carbocycles. The second-order valence-corrected chi connectivity index (χ2v) is 9.62. The Morgan fingerprint density at radius 2 is 1.83 bits per heavy atom. The number of hydrogen-bond donors (Lipinski definition) is 2. The van der Waals surface area contributed by atoms with E-state index in [9.17, 15) is 0 Å². The average molecular weight is 469 g/mol. The molecular weight excluding hydrogens is 432 g/mol. The molecule has 0 bridgehead atoms. The minimum atomic E-state index is 0.380. The van der Waals surface area contributed by atoms with Crippen molar-refractivity contribution in [1.82, 2.24) is 19.6 Å². The normalized spacial score (nSPS) is 14.9. The monoisotopic (exact) mass is 468 g/mol. The quantitative estimate of drug-likeness (QED) is 0.270. The summed E-state index contributed by atoms with van der Waals surface area (Å²) >= 11 is 0. The van der Waals surface area contributed by atoms with Gasteiger partial charge in [-0.1, -0.05) is 69.5 Å². The summed E-state index contributed by atoms with van der Waals surface area (Å²) in [6, 6.07) is 19.9. The maximum absolute atomic E-state index is 5.14.